The van der Waals surface area contributed by atoms with E-state index in [2.05, 4.69) is 0 Å². The number of aliphatic carboxylic acids is 4. The number of carbonyl (C=O) groups is 6. The number of allylic oxidation sites excluding steroid dienone is 1. The van der Waals surface area contributed by atoms with Gasteiger partial charge < -0.3 is 44.3 Å². The maximum atomic E-state index is 13.7. The van der Waals surface area contributed by atoms with Crippen LogP contribution in [0.4, 0.5) is 5.69 Å². The number of rotatable bonds is 13. The lowest BCUT2D eigenvalue weighted by atomic mass is 10.2. The molecule has 0 saturated carbocycles. The first kappa shape index (κ1) is 37.7. The van der Waals surface area contributed by atoms with E-state index in [4.69, 9.17) is 36.3 Å². The van der Waals surface area contributed by atoms with Crippen LogP contribution in [0.15, 0.2) is 44.8 Å². The molecule has 19 nitrogen and oxygen atoms in total. The standard InChI is InChI=1S/C29H24N4O15S4/c1-45-13(26-30(7-18(35)36)12-5-14-15(47-11-46-14)6-16(12)51-26)3-4-17(34)31(8-19(37)38)28(50-2)23-25(44)32(9-20(39)40)27(52-23)22-24(43)33(10-21(41)42)29(49)48-22/h3-6H,7-11H2,1-2H3,(H,35,36)(H,37,38)(H,39,40)(H,41,42)/b4-3?,26-13-,27-22+,28-23+. The van der Waals surface area contributed by atoms with Crippen LogP contribution in [0.5, 0.6) is 11.5 Å². The minimum atomic E-state index is -1.51. The Hall–Kier alpha value is -5.52. The van der Waals surface area contributed by atoms with E-state index in [1.54, 1.807) is 12.1 Å². The fourth-order valence-electron chi connectivity index (χ4n) is 4.92. The number of anilines is 1. The van der Waals surface area contributed by atoms with Gasteiger partial charge in [-0.25, -0.2) is 0 Å². The molecule has 0 bridgehead atoms. The van der Waals surface area contributed by atoms with Crippen LogP contribution in [0.3, 0.4) is 0 Å². The van der Waals surface area contributed by atoms with Gasteiger partial charge in [0.05, 0.1) is 12.8 Å². The van der Waals surface area contributed by atoms with Crippen LogP contribution >= 0.6 is 47.1 Å². The molecule has 0 unspecified atom stereocenters. The number of nitrogens with zero attached hydrogens (tertiary/aromatic N) is 4. The molecule has 1 aromatic heterocycles. The summed E-state index contributed by atoms with van der Waals surface area (Å²) in [5.41, 5.74) is -0.568. The molecule has 0 atom stereocenters. The van der Waals surface area contributed by atoms with Gasteiger partial charge in [0.2, 0.25) is 12.6 Å². The van der Waals surface area contributed by atoms with Gasteiger partial charge in [-0.3, -0.25) is 47.9 Å². The third kappa shape index (κ3) is 7.56. The summed E-state index contributed by atoms with van der Waals surface area (Å²) >= 11 is 7.33. The molecular weight excluding hydrogens is 773 g/mol. The van der Waals surface area contributed by atoms with Gasteiger partial charge in [-0.15, -0.1) is 23.1 Å². The number of aromatic nitrogens is 1. The number of benzene rings is 1. The fraction of sp³-hybridized carbons (Fsp3) is 0.241. The van der Waals surface area contributed by atoms with Crippen LogP contribution < -0.4 is 29.1 Å². The highest BCUT2D eigenvalue weighted by Gasteiger charge is 2.38. The number of carboxylic acids is 4. The molecule has 1 fully saturated rings. The second-order valence-electron chi connectivity index (χ2n) is 10.3. The zero-order chi connectivity index (χ0) is 38.0. The van der Waals surface area contributed by atoms with Crippen LogP contribution in [0.2, 0.25) is 0 Å². The van der Waals surface area contributed by atoms with Crippen LogP contribution in [0.25, 0.3) is 10.8 Å². The van der Waals surface area contributed by atoms with Crippen molar-refractivity contribution in [3.8, 4) is 11.5 Å². The first-order valence-electron chi connectivity index (χ1n) is 14.2. The molecule has 0 spiro atoms. The van der Waals surface area contributed by atoms with Gasteiger partial charge in [0.15, 0.2) is 11.5 Å². The molecule has 3 aliphatic rings. The zero-order valence-electron chi connectivity index (χ0n) is 26.5. The van der Waals surface area contributed by atoms with E-state index in [0.717, 1.165) is 34.5 Å². The molecule has 5 rings (SSSR count). The van der Waals surface area contributed by atoms with E-state index < -0.39 is 78.4 Å². The van der Waals surface area contributed by atoms with Gasteiger partial charge in [-0.05, 0) is 24.5 Å². The van der Waals surface area contributed by atoms with Crippen LogP contribution in [0, 0.1) is 0 Å². The number of carboxylic acid groups (broad SMARTS) is 4. The van der Waals surface area contributed by atoms with Crippen LogP contribution in [-0.4, -0.2) is 115 Å². The Balaban J connectivity index is 1.61. The largest absolute Gasteiger partial charge is 0.494 e. The van der Waals surface area contributed by atoms with Gasteiger partial charge in [-0.2, -0.15) is 0 Å². The minimum Gasteiger partial charge on any atom is -0.494 e. The quantitative estimate of drug-likeness (QED) is 0.113. The predicted molar refractivity (Wildman–Crippen MR) is 185 cm³/mol. The Morgan fingerprint density at radius 3 is 2.19 bits per heavy atom. The number of hydrogen-bond acceptors (Lipinski definition) is 16. The summed E-state index contributed by atoms with van der Waals surface area (Å²) in [7, 11) is 1.27. The van der Waals surface area contributed by atoms with Crippen molar-refractivity contribution in [1.29, 1.82) is 0 Å². The van der Waals surface area contributed by atoms with Crippen molar-refractivity contribution < 1.29 is 68.1 Å². The van der Waals surface area contributed by atoms with Gasteiger partial charge in [0, 0.05) is 23.1 Å². The van der Waals surface area contributed by atoms with Crippen LogP contribution in [0.1, 0.15) is 0 Å². The van der Waals surface area contributed by atoms with Crippen molar-refractivity contribution in [1.82, 2.24) is 14.4 Å². The molecule has 3 aliphatic heterocycles. The summed E-state index contributed by atoms with van der Waals surface area (Å²) in [5.74, 6) is -7.47. The number of thioether (sulfide) groups is 2. The van der Waals surface area contributed by atoms with Gasteiger partial charge in [-0.1, -0.05) is 11.8 Å². The normalized spacial score (nSPS) is 17.3. The van der Waals surface area contributed by atoms with Gasteiger partial charge >= 0.3 is 29.8 Å². The van der Waals surface area contributed by atoms with Crippen molar-refractivity contribution in [2.75, 3.05) is 44.7 Å². The second kappa shape index (κ2) is 15.4. The van der Waals surface area contributed by atoms with Gasteiger partial charge in [0.25, 0.3) is 16.6 Å². The average molecular weight is 797 g/mol. The molecule has 23 heteroatoms. The topological polar surface area (TPSA) is 252 Å². The number of amides is 2. The van der Waals surface area contributed by atoms with E-state index in [0.29, 0.717) is 42.9 Å². The number of hydrogen-bond donors (Lipinski definition) is 4. The highest BCUT2D eigenvalue weighted by Crippen LogP contribution is 2.52. The smallest absolute Gasteiger partial charge is 0.323 e. The van der Waals surface area contributed by atoms with Crippen molar-refractivity contribution >= 4 is 104 Å². The predicted octanol–water partition coefficient (Wildman–Crippen LogP) is -0.530. The maximum Gasteiger partial charge on any atom is 0.323 e. The molecule has 0 radical (unpaired) electrons. The molecule has 52 heavy (non-hydrogen) atoms. The van der Waals surface area contributed by atoms with E-state index in [9.17, 15) is 48.9 Å². The molecule has 274 valence electrons. The summed E-state index contributed by atoms with van der Waals surface area (Å²) in [6.45, 7) is -3.38. The molecule has 0 aliphatic carbocycles. The molecule has 1 saturated heterocycles. The van der Waals surface area contributed by atoms with E-state index in [-0.39, 0.29) is 31.8 Å². The Bertz CT molecular complexity index is 2190. The molecule has 2 amide bonds. The Morgan fingerprint density at radius 1 is 0.962 bits per heavy atom. The lowest BCUT2D eigenvalue weighted by molar-refractivity contribution is -0.140. The lowest BCUT2D eigenvalue weighted by Gasteiger charge is -2.21. The third-order valence-corrected chi connectivity index (χ3v) is 10.6. The van der Waals surface area contributed by atoms with Crippen molar-refractivity contribution in [3.05, 3.63) is 54.6 Å². The van der Waals surface area contributed by atoms with Crippen molar-refractivity contribution in [2.45, 2.75) is 11.4 Å². The Morgan fingerprint density at radius 2 is 1.60 bits per heavy atom. The summed E-state index contributed by atoms with van der Waals surface area (Å²) in [4.78, 5) is 90.6. The van der Waals surface area contributed by atoms with Crippen LogP contribution in [-0.2, 0) is 44.8 Å². The highest BCUT2D eigenvalue weighted by atomic mass is 32.2. The number of methoxy groups -OCH3 is 1. The number of thiocarbonyl (C=S) groups is 1. The molecular formula is C29H24N4O15S4. The van der Waals surface area contributed by atoms with Crippen molar-refractivity contribution in [3.63, 3.8) is 0 Å². The SMILES string of the molecule is CO/C(C=CC(=O)N(CC(=O)O)/C(SC)=c1\s/c(=C2/OC(=S)N(CC(=O)O)C2=O)n(CC(=O)O)c1=O)=C1\Sc2cc3c(cc2N1CC(=O)O)OCO3. The third-order valence-electron chi connectivity index (χ3n) is 7.00. The minimum absolute atomic E-state index is 0.00838. The number of thiazole rings is 1. The molecule has 4 N–H and O–H groups in total. The fourth-order valence-corrected chi connectivity index (χ4v) is 8.41. The van der Waals surface area contributed by atoms with Gasteiger partial charge in [0.1, 0.15) is 51.2 Å². The molecule has 4 heterocycles. The Labute approximate surface area is 308 Å². The monoisotopic (exact) mass is 796 g/mol. The first-order valence-corrected chi connectivity index (χ1v) is 17.5. The lowest BCUT2D eigenvalue weighted by Crippen LogP contribution is -2.40. The number of ether oxygens (including phenoxy) is 4. The maximum absolute atomic E-state index is 13.7. The zero-order valence-corrected chi connectivity index (χ0v) is 29.8. The summed E-state index contributed by atoms with van der Waals surface area (Å²) in [6, 6.07) is 3.26. The first-order chi connectivity index (χ1) is 24.6. The average Bonchev–Trinajstić information content (AvgIpc) is 3.82. The van der Waals surface area contributed by atoms with Crippen molar-refractivity contribution in [2.24, 2.45) is 0 Å². The highest BCUT2D eigenvalue weighted by molar-refractivity contribution is 8.07. The van der Waals surface area contributed by atoms with E-state index >= 15 is 0 Å². The summed E-state index contributed by atoms with van der Waals surface area (Å²) < 4.78 is 21.6. The molecule has 1 aromatic carbocycles. The Kier molecular flexibility index (Phi) is 11.2. The number of fused-ring (bicyclic) bond motifs is 2. The number of carbonyl (C=O) groups excluding carboxylic acids is 2. The summed E-state index contributed by atoms with van der Waals surface area (Å²) in [6.07, 6.45) is 3.53. The van der Waals surface area contributed by atoms with E-state index in [1.807, 2.05) is 0 Å². The molecule has 2 aromatic rings. The van der Waals surface area contributed by atoms with E-state index in [1.165, 1.54) is 24.3 Å². The summed E-state index contributed by atoms with van der Waals surface area (Å²) in [5, 5.41) is 37.5. The second-order valence-corrected chi connectivity index (χ2v) is 13.5.